The van der Waals surface area contributed by atoms with Gasteiger partial charge in [0, 0.05) is 12.1 Å². The molecule has 0 saturated carbocycles. The molecule has 0 spiro atoms. The van der Waals surface area contributed by atoms with Gasteiger partial charge in [-0.05, 0) is 34.6 Å². The molecule has 0 aromatic carbocycles. The van der Waals surface area contributed by atoms with Gasteiger partial charge in [-0.2, -0.15) is 0 Å². The summed E-state index contributed by atoms with van der Waals surface area (Å²) in [5, 5.41) is 3.28. The fraction of sp³-hybridized carbons (Fsp3) is 0.900. The molecule has 0 aromatic heterocycles. The Bertz CT molecular complexity index is 180. The third-order valence-corrected chi connectivity index (χ3v) is 1.80. The number of rotatable bonds is 3. The van der Waals surface area contributed by atoms with E-state index in [1.807, 2.05) is 13.8 Å². The zero-order valence-electron chi connectivity index (χ0n) is 9.52. The smallest absolute Gasteiger partial charge is 0.312 e. The molecule has 0 aliphatic carbocycles. The second kappa shape index (κ2) is 4.09. The van der Waals surface area contributed by atoms with Crippen LogP contribution in [0.3, 0.4) is 0 Å². The molecule has 0 rings (SSSR count). The predicted octanol–water partition coefficient (Wildman–Crippen LogP) is 1.57. The Labute approximate surface area is 80.8 Å². The summed E-state index contributed by atoms with van der Waals surface area (Å²) >= 11 is 0. The maximum atomic E-state index is 11.3. The molecule has 0 atom stereocenters. The van der Waals surface area contributed by atoms with Gasteiger partial charge in [0.15, 0.2) is 0 Å². The first kappa shape index (κ1) is 12.4. The van der Waals surface area contributed by atoms with Crippen LogP contribution in [-0.2, 0) is 9.53 Å². The van der Waals surface area contributed by atoms with Crippen LogP contribution >= 0.6 is 0 Å². The molecule has 0 radical (unpaired) electrons. The number of carbonyl (C=O) groups is 1. The Morgan fingerprint density at radius 3 is 2.00 bits per heavy atom. The lowest BCUT2D eigenvalue weighted by Crippen LogP contribution is -2.45. The van der Waals surface area contributed by atoms with Gasteiger partial charge in [0.05, 0.1) is 12.5 Å². The number of nitrogens with one attached hydrogen (secondary N) is 1. The van der Waals surface area contributed by atoms with Gasteiger partial charge in [0.25, 0.3) is 0 Å². The van der Waals surface area contributed by atoms with E-state index in [1.165, 1.54) is 7.11 Å². The maximum Gasteiger partial charge on any atom is 0.312 e. The third kappa shape index (κ3) is 4.88. The number of ether oxygens (including phenoxy) is 1. The zero-order chi connectivity index (χ0) is 10.7. The maximum absolute atomic E-state index is 11.3. The molecular weight excluding hydrogens is 166 g/mol. The molecule has 3 nitrogen and oxygen atoms in total. The van der Waals surface area contributed by atoms with Crippen molar-refractivity contribution < 1.29 is 9.53 Å². The summed E-state index contributed by atoms with van der Waals surface area (Å²) in [5.41, 5.74) is -0.423. The van der Waals surface area contributed by atoms with Crippen molar-refractivity contribution in [2.75, 3.05) is 13.7 Å². The Hall–Kier alpha value is -0.570. The summed E-state index contributed by atoms with van der Waals surface area (Å²) in [6.07, 6.45) is 0. The average Bonchev–Trinajstić information content (AvgIpc) is 1.98. The normalized spacial score (nSPS) is 12.8. The van der Waals surface area contributed by atoms with Gasteiger partial charge in [-0.25, -0.2) is 0 Å². The molecule has 0 aliphatic rings. The van der Waals surface area contributed by atoms with Crippen LogP contribution in [0.5, 0.6) is 0 Å². The fourth-order valence-electron chi connectivity index (χ4n) is 0.835. The highest BCUT2D eigenvalue weighted by Crippen LogP contribution is 2.16. The summed E-state index contributed by atoms with van der Waals surface area (Å²) in [6, 6.07) is 0. The summed E-state index contributed by atoms with van der Waals surface area (Å²) in [6.45, 7) is 10.6. The molecule has 3 heteroatoms. The van der Waals surface area contributed by atoms with Gasteiger partial charge in [-0.1, -0.05) is 0 Å². The molecule has 0 saturated heterocycles. The van der Waals surface area contributed by atoms with E-state index in [1.54, 1.807) is 0 Å². The van der Waals surface area contributed by atoms with E-state index >= 15 is 0 Å². The number of methoxy groups -OCH3 is 1. The van der Waals surface area contributed by atoms with E-state index in [2.05, 4.69) is 26.1 Å². The Morgan fingerprint density at radius 2 is 1.69 bits per heavy atom. The molecular formula is C10H21NO2. The van der Waals surface area contributed by atoms with E-state index < -0.39 is 5.41 Å². The van der Waals surface area contributed by atoms with Crippen LogP contribution in [0.4, 0.5) is 0 Å². The van der Waals surface area contributed by atoms with Gasteiger partial charge in [0.2, 0.25) is 0 Å². The van der Waals surface area contributed by atoms with Crippen molar-refractivity contribution in [3.63, 3.8) is 0 Å². The quantitative estimate of drug-likeness (QED) is 0.682. The number of hydrogen-bond acceptors (Lipinski definition) is 3. The Balaban J connectivity index is 4.11. The van der Waals surface area contributed by atoms with Gasteiger partial charge in [0.1, 0.15) is 0 Å². The SMILES string of the molecule is COC(=O)C(C)(C)CNC(C)(C)C. The van der Waals surface area contributed by atoms with E-state index in [0.717, 1.165) is 0 Å². The molecule has 0 bridgehead atoms. The van der Waals surface area contributed by atoms with Crippen molar-refractivity contribution >= 4 is 5.97 Å². The Kier molecular flexibility index (Phi) is 3.91. The molecule has 0 heterocycles. The number of hydrogen-bond donors (Lipinski definition) is 1. The minimum Gasteiger partial charge on any atom is -0.469 e. The van der Waals surface area contributed by atoms with E-state index in [0.29, 0.717) is 6.54 Å². The third-order valence-electron chi connectivity index (χ3n) is 1.80. The molecule has 0 unspecified atom stereocenters. The van der Waals surface area contributed by atoms with Crippen LogP contribution in [0.25, 0.3) is 0 Å². The standard InChI is InChI=1S/C10H21NO2/c1-9(2,3)11-7-10(4,5)8(12)13-6/h11H,7H2,1-6H3. The van der Waals surface area contributed by atoms with Crippen LogP contribution in [0.2, 0.25) is 0 Å². The zero-order valence-corrected chi connectivity index (χ0v) is 9.52. The lowest BCUT2D eigenvalue weighted by molar-refractivity contribution is -0.150. The predicted molar refractivity (Wildman–Crippen MR) is 53.6 cm³/mol. The molecule has 0 aliphatic heterocycles. The molecule has 1 N–H and O–H groups in total. The minimum atomic E-state index is -0.456. The highest BCUT2D eigenvalue weighted by molar-refractivity contribution is 5.76. The van der Waals surface area contributed by atoms with Crippen molar-refractivity contribution in [1.82, 2.24) is 5.32 Å². The van der Waals surface area contributed by atoms with Crippen LogP contribution in [-0.4, -0.2) is 25.2 Å². The van der Waals surface area contributed by atoms with Crippen molar-refractivity contribution in [2.45, 2.75) is 40.2 Å². The average molecular weight is 187 g/mol. The fourth-order valence-corrected chi connectivity index (χ4v) is 0.835. The summed E-state index contributed by atoms with van der Waals surface area (Å²) in [5.74, 6) is -0.177. The molecule has 0 fully saturated rings. The highest BCUT2D eigenvalue weighted by atomic mass is 16.5. The second-order valence-electron chi connectivity index (χ2n) is 4.98. The molecule has 13 heavy (non-hydrogen) atoms. The van der Waals surface area contributed by atoms with E-state index in [-0.39, 0.29) is 11.5 Å². The van der Waals surface area contributed by atoms with Crippen molar-refractivity contribution in [1.29, 1.82) is 0 Å². The van der Waals surface area contributed by atoms with Gasteiger partial charge < -0.3 is 10.1 Å². The lowest BCUT2D eigenvalue weighted by Gasteiger charge is -2.28. The van der Waals surface area contributed by atoms with Crippen molar-refractivity contribution in [2.24, 2.45) is 5.41 Å². The number of carbonyl (C=O) groups excluding carboxylic acids is 1. The summed E-state index contributed by atoms with van der Waals surface area (Å²) in [4.78, 5) is 11.3. The lowest BCUT2D eigenvalue weighted by atomic mass is 9.92. The number of esters is 1. The van der Waals surface area contributed by atoms with E-state index in [4.69, 9.17) is 4.74 Å². The summed E-state index contributed by atoms with van der Waals surface area (Å²) < 4.78 is 4.70. The molecule has 0 amide bonds. The van der Waals surface area contributed by atoms with Crippen LogP contribution < -0.4 is 5.32 Å². The van der Waals surface area contributed by atoms with Gasteiger partial charge in [-0.3, -0.25) is 4.79 Å². The first-order chi connectivity index (χ1) is 5.69. The van der Waals surface area contributed by atoms with Gasteiger partial charge in [-0.15, -0.1) is 0 Å². The first-order valence-corrected chi connectivity index (χ1v) is 4.52. The van der Waals surface area contributed by atoms with Crippen LogP contribution in [0, 0.1) is 5.41 Å². The Morgan fingerprint density at radius 1 is 1.23 bits per heavy atom. The van der Waals surface area contributed by atoms with Crippen molar-refractivity contribution in [3.8, 4) is 0 Å². The van der Waals surface area contributed by atoms with Crippen LogP contribution in [0.15, 0.2) is 0 Å². The monoisotopic (exact) mass is 187 g/mol. The van der Waals surface area contributed by atoms with Crippen molar-refractivity contribution in [3.05, 3.63) is 0 Å². The highest BCUT2D eigenvalue weighted by Gasteiger charge is 2.29. The molecule has 78 valence electrons. The van der Waals surface area contributed by atoms with Crippen LogP contribution in [0.1, 0.15) is 34.6 Å². The minimum absolute atomic E-state index is 0.0330. The van der Waals surface area contributed by atoms with E-state index in [9.17, 15) is 4.79 Å². The first-order valence-electron chi connectivity index (χ1n) is 4.52. The van der Waals surface area contributed by atoms with Gasteiger partial charge >= 0.3 is 5.97 Å². The largest absolute Gasteiger partial charge is 0.469 e. The molecule has 0 aromatic rings. The summed E-state index contributed by atoms with van der Waals surface area (Å²) in [7, 11) is 1.42. The topological polar surface area (TPSA) is 38.3 Å². The second-order valence-corrected chi connectivity index (χ2v) is 4.98.